The number of aromatic amines is 1. The molecule has 100 valence electrons. The first-order valence-electron chi connectivity index (χ1n) is 5.88. The SMILES string of the molecule is O=c1[nH]cnc(N2CCC(OCCBr)CC2)c1Cl. The van der Waals surface area contributed by atoms with Crippen molar-refractivity contribution in [2.75, 3.05) is 29.9 Å². The lowest BCUT2D eigenvalue weighted by molar-refractivity contribution is 0.0480. The fourth-order valence-electron chi connectivity index (χ4n) is 2.04. The van der Waals surface area contributed by atoms with Gasteiger partial charge in [-0.2, -0.15) is 0 Å². The molecule has 0 radical (unpaired) electrons. The number of hydrogen-bond acceptors (Lipinski definition) is 4. The van der Waals surface area contributed by atoms with Crippen LogP contribution in [0.2, 0.25) is 5.02 Å². The topological polar surface area (TPSA) is 58.2 Å². The molecule has 0 saturated carbocycles. The minimum absolute atomic E-state index is 0.164. The average Bonchev–Trinajstić information content (AvgIpc) is 2.40. The highest BCUT2D eigenvalue weighted by molar-refractivity contribution is 9.09. The number of rotatable bonds is 4. The fourth-order valence-corrected chi connectivity index (χ4v) is 2.45. The molecule has 1 N–H and O–H groups in total. The van der Waals surface area contributed by atoms with Crippen LogP contribution in [-0.4, -0.2) is 41.1 Å². The van der Waals surface area contributed by atoms with Gasteiger partial charge in [-0.1, -0.05) is 27.5 Å². The number of nitrogens with zero attached hydrogens (tertiary/aromatic N) is 2. The molecule has 1 aliphatic heterocycles. The normalized spacial score (nSPS) is 17.1. The molecule has 1 aromatic heterocycles. The van der Waals surface area contributed by atoms with Gasteiger partial charge in [0.1, 0.15) is 5.02 Å². The Morgan fingerprint density at radius 1 is 1.56 bits per heavy atom. The van der Waals surface area contributed by atoms with Gasteiger partial charge in [0, 0.05) is 18.4 Å². The van der Waals surface area contributed by atoms with E-state index in [0.717, 1.165) is 37.9 Å². The van der Waals surface area contributed by atoms with E-state index in [4.69, 9.17) is 16.3 Å². The first-order valence-corrected chi connectivity index (χ1v) is 7.38. The molecule has 0 amide bonds. The van der Waals surface area contributed by atoms with Crippen molar-refractivity contribution in [3.05, 3.63) is 21.7 Å². The molecular weight excluding hydrogens is 321 g/mol. The predicted molar refractivity (Wildman–Crippen MR) is 74.8 cm³/mol. The molecule has 2 rings (SSSR count). The molecule has 1 aromatic rings. The van der Waals surface area contributed by atoms with Gasteiger partial charge in [0.05, 0.1) is 19.0 Å². The maximum absolute atomic E-state index is 11.4. The number of piperidine rings is 1. The minimum atomic E-state index is -0.292. The van der Waals surface area contributed by atoms with E-state index in [1.807, 2.05) is 4.90 Å². The van der Waals surface area contributed by atoms with Crippen LogP contribution in [0.1, 0.15) is 12.8 Å². The molecule has 0 aromatic carbocycles. The Balaban J connectivity index is 1.97. The Hall–Kier alpha value is -0.590. The van der Waals surface area contributed by atoms with Crippen LogP contribution < -0.4 is 10.5 Å². The van der Waals surface area contributed by atoms with Crippen LogP contribution in [0.15, 0.2) is 11.1 Å². The fraction of sp³-hybridized carbons (Fsp3) is 0.636. The Morgan fingerprint density at radius 3 is 2.94 bits per heavy atom. The summed E-state index contributed by atoms with van der Waals surface area (Å²) in [5.41, 5.74) is -0.292. The number of hydrogen-bond donors (Lipinski definition) is 1. The van der Waals surface area contributed by atoms with E-state index in [0.29, 0.717) is 11.9 Å². The van der Waals surface area contributed by atoms with E-state index in [2.05, 4.69) is 25.9 Å². The molecule has 0 atom stereocenters. The van der Waals surface area contributed by atoms with Gasteiger partial charge < -0.3 is 14.6 Å². The van der Waals surface area contributed by atoms with E-state index in [-0.39, 0.29) is 10.6 Å². The molecule has 0 aliphatic carbocycles. The second-order valence-corrected chi connectivity index (χ2v) is 5.29. The number of H-pyrrole nitrogens is 1. The van der Waals surface area contributed by atoms with E-state index in [9.17, 15) is 4.79 Å². The largest absolute Gasteiger partial charge is 0.377 e. The van der Waals surface area contributed by atoms with Crippen LogP contribution in [0.25, 0.3) is 0 Å². The lowest BCUT2D eigenvalue weighted by atomic mass is 10.1. The van der Waals surface area contributed by atoms with Crippen molar-refractivity contribution in [3.8, 4) is 0 Å². The van der Waals surface area contributed by atoms with Crippen molar-refractivity contribution in [1.29, 1.82) is 0 Å². The monoisotopic (exact) mass is 335 g/mol. The lowest BCUT2D eigenvalue weighted by Gasteiger charge is -2.32. The van der Waals surface area contributed by atoms with Crippen molar-refractivity contribution in [2.45, 2.75) is 18.9 Å². The highest BCUT2D eigenvalue weighted by atomic mass is 79.9. The summed E-state index contributed by atoms with van der Waals surface area (Å²) >= 11 is 9.30. The summed E-state index contributed by atoms with van der Waals surface area (Å²) in [5, 5.41) is 1.02. The van der Waals surface area contributed by atoms with Gasteiger partial charge in [0.25, 0.3) is 5.56 Å². The standard InChI is InChI=1S/C11H15BrClN3O2/c12-3-6-18-8-1-4-16(5-2-8)10-9(13)11(17)15-7-14-10/h7-8H,1-6H2,(H,14,15,17). The van der Waals surface area contributed by atoms with Crippen LogP contribution in [0.3, 0.4) is 0 Å². The number of aromatic nitrogens is 2. The zero-order valence-electron chi connectivity index (χ0n) is 9.86. The number of alkyl halides is 1. The third-order valence-corrected chi connectivity index (χ3v) is 3.61. The summed E-state index contributed by atoms with van der Waals surface area (Å²) in [6.07, 6.45) is 3.53. The lowest BCUT2D eigenvalue weighted by Crippen LogP contribution is -2.38. The Bertz CT molecular complexity index is 446. The molecule has 1 fully saturated rings. The average molecular weight is 337 g/mol. The summed E-state index contributed by atoms with van der Waals surface area (Å²) in [5.74, 6) is 0.569. The van der Waals surface area contributed by atoms with Gasteiger partial charge in [0.15, 0.2) is 5.82 Å². The molecular formula is C11H15BrClN3O2. The summed E-state index contributed by atoms with van der Waals surface area (Å²) in [6.45, 7) is 2.35. The third kappa shape index (κ3) is 3.24. The van der Waals surface area contributed by atoms with Gasteiger partial charge in [-0.25, -0.2) is 4.98 Å². The van der Waals surface area contributed by atoms with Crippen LogP contribution >= 0.6 is 27.5 Å². The van der Waals surface area contributed by atoms with Crippen molar-refractivity contribution < 1.29 is 4.74 Å². The molecule has 7 heteroatoms. The summed E-state index contributed by atoms with van der Waals surface area (Å²) in [4.78, 5) is 20.0. The molecule has 1 saturated heterocycles. The predicted octanol–water partition coefficient (Wildman–Crippen LogP) is 1.80. The van der Waals surface area contributed by atoms with Crippen LogP contribution in [0.5, 0.6) is 0 Å². The van der Waals surface area contributed by atoms with Crippen molar-refractivity contribution in [1.82, 2.24) is 9.97 Å². The maximum atomic E-state index is 11.4. The summed E-state index contributed by atoms with van der Waals surface area (Å²) in [7, 11) is 0. The molecule has 2 heterocycles. The first kappa shape index (κ1) is 13.8. The molecule has 0 spiro atoms. The van der Waals surface area contributed by atoms with Crippen molar-refractivity contribution >= 4 is 33.3 Å². The second kappa shape index (κ2) is 6.54. The smallest absolute Gasteiger partial charge is 0.271 e. The van der Waals surface area contributed by atoms with Crippen LogP contribution in [0.4, 0.5) is 5.82 Å². The zero-order chi connectivity index (χ0) is 13.0. The quantitative estimate of drug-likeness (QED) is 0.852. The summed E-state index contributed by atoms with van der Waals surface area (Å²) < 4.78 is 5.68. The first-order chi connectivity index (χ1) is 8.72. The minimum Gasteiger partial charge on any atom is -0.377 e. The molecule has 18 heavy (non-hydrogen) atoms. The zero-order valence-corrected chi connectivity index (χ0v) is 12.2. The van der Waals surface area contributed by atoms with Gasteiger partial charge in [-0.3, -0.25) is 4.79 Å². The third-order valence-electron chi connectivity index (χ3n) is 2.95. The molecule has 5 nitrogen and oxygen atoms in total. The highest BCUT2D eigenvalue weighted by Gasteiger charge is 2.22. The second-order valence-electron chi connectivity index (χ2n) is 4.12. The Morgan fingerprint density at radius 2 is 2.28 bits per heavy atom. The van der Waals surface area contributed by atoms with E-state index in [1.165, 1.54) is 6.33 Å². The molecule has 0 unspecified atom stereocenters. The number of halogens is 2. The van der Waals surface area contributed by atoms with Crippen LogP contribution in [-0.2, 0) is 4.74 Å². The summed E-state index contributed by atoms with van der Waals surface area (Å²) in [6, 6.07) is 0. The number of ether oxygens (including phenoxy) is 1. The Kier molecular flexibility index (Phi) is 5.03. The van der Waals surface area contributed by atoms with Gasteiger partial charge in [-0.05, 0) is 12.8 Å². The van der Waals surface area contributed by atoms with Crippen molar-refractivity contribution in [2.24, 2.45) is 0 Å². The van der Waals surface area contributed by atoms with Crippen LogP contribution in [0, 0.1) is 0 Å². The van der Waals surface area contributed by atoms with E-state index < -0.39 is 0 Å². The molecule has 1 aliphatic rings. The van der Waals surface area contributed by atoms with Gasteiger partial charge >= 0.3 is 0 Å². The van der Waals surface area contributed by atoms with Gasteiger partial charge in [-0.15, -0.1) is 0 Å². The molecule has 0 bridgehead atoms. The number of anilines is 1. The highest BCUT2D eigenvalue weighted by Crippen LogP contribution is 2.23. The van der Waals surface area contributed by atoms with E-state index in [1.54, 1.807) is 0 Å². The maximum Gasteiger partial charge on any atom is 0.271 e. The van der Waals surface area contributed by atoms with E-state index >= 15 is 0 Å². The van der Waals surface area contributed by atoms with Gasteiger partial charge in [0.2, 0.25) is 0 Å². The van der Waals surface area contributed by atoms with Crippen molar-refractivity contribution in [3.63, 3.8) is 0 Å². The Labute approximate surface area is 119 Å². The number of nitrogens with one attached hydrogen (secondary N) is 1.